The molecule has 0 aliphatic rings. The van der Waals surface area contributed by atoms with Gasteiger partial charge in [0.1, 0.15) is 0 Å². The van der Waals surface area contributed by atoms with Crippen LogP contribution in [0.3, 0.4) is 0 Å². The largest absolute Gasteiger partial charge is 0.275 e. The van der Waals surface area contributed by atoms with Crippen LogP contribution in [-0.2, 0) is 18.8 Å². The number of halogens is 1. The van der Waals surface area contributed by atoms with Crippen molar-refractivity contribution in [2.24, 2.45) is 7.05 Å². The van der Waals surface area contributed by atoms with Gasteiger partial charge >= 0.3 is 0 Å². The highest BCUT2D eigenvalue weighted by atomic mass is 79.9. The van der Waals surface area contributed by atoms with Crippen LogP contribution in [0.5, 0.6) is 0 Å². The Hall–Kier alpha value is -0.310. The zero-order valence-electron chi connectivity index (χ0n) is 6.26. The molecule has 0 aliphatic heterocycles. The number of aromatic nitrogens is 2. The van der Waals surface area contributed by atoms with Gasteiger partial charge in [-0.05, 0) is 6.42 Å². The van der Waals surface area contributed by atoms with Crippen LogP contribution < -0.4 is 0 Å². The van der Waals surface area contributed by atoms with E-state index in [9.17, 15) is 0 Å². The van der Waals surface area contributed by atoms with Gasteiger partial charge in [0.15, 0.2) is 0 Å². The summed E-state index contributed by atoms with van der Waals surface area (Å²) in [7, 11) is 1.95. The van der Waals surface area contributed by atoms with E-state index in [0.717, 1.165) is 11.8 Å². The topological polar surface area (TPSA) is 17.8 Å². The van der Waals surface area contributed by atoms with Gasteiger partial charge < -0.3 is 0 Å². The lowest BCUT2D eigenvalue weighted by Crippen LogP contribution is -1.89. The molecule has 0 spiro atoms. The summed E-state index contributed by atoms with van der Waals surface area (Å²) < 4.78 is 1.86. The van der Waals surface area contributed by atoms with Gasteiger partial charge in [0.25, 0.3) is 0 Å². The summed E-state index contributed by atoms with van der Waals surface area (Å²) in [5.74, 6) is 0. The maximum absolute atomic E-state index is 4.29. The lowest BCUT2D eigenvalue weighted by Gasteiger charge is -1.89. The fraction of sp³-hybridized carbons (Fsp3) is 0.571. The van der Waals surface area contributed by atoms with Gasteiger partial charge in [0.05, 0.1) is 5.69 Å². The van der Waals surface area contributed by atoms with E-state index in [-0.39, 0.29) is 0 Å². The van der Waals surface area contributed by atoms with E-state index >= 15 is 0 Å². The van der Waals surface area contributed by atoms with Gasteiger partial charge in [0.2, 0.25) is 0 Å². The van der Waals surface area contributed by atoms with Gasteiger partial charge in [-0.3, -0.25) is 4.68 Å². The fourth-order valence-corrected chi connectivity index (χ4v) is 1.46. The molecule has 2 nitrogen and oxygen atoms in total. The van der Waals surface area contributed by atoms with Crippen LogP contribution in [-0.4, -0.2) is 9.78 Å². The van der Waals surface area contributed by atoms with Gasteiger partial charge in [-0.1, -0.05) is 22.9 Å². The first kappa shape index (κ1) is 7.79. The van der Waals surface area contributed by atoms with Crippen molar-refractivity contribution in [2.75, 3.05) is 0 Å². The summed E-state index contributed by atoms with van der Waals surface area (Å²) >= 11 is 3.41. The summed E-state index contributed by atoms with van der Waals surface area (Å²) in [6.45, 7) is 2.12. The molecule has 0 bridgehead atoms. The van der Waals surface area contributed by atoms with Gasteiger partial charge in [0, 0.05) is 24.1 Å². The monoisotopic (exact) mass is 202 g/mol. The van der Waals surface area contributed by atoms with Crippen molar-refractivity contribution in [3.8, 4) is 0 Å². The third-order valence-electron chi connectivity index (χ3n) is 1.47. The van der Waals surface area contributed by atoms with Crippen molar-refractivity contribution >= 4 is 15.9 Å². The molecule has 1 aromatic rings. The van der Waals surface area contributed by atoms with Gasteiger partial charge in [-0.25, -0.2) is 0 Å². The molecule has 1 rings (SSSR count). The highest BCUT2D eigenvalue weighted by molar-refractivity contribution is 9.08. The average molecular weight is 203 g/mol. The summed E-state index contributed by atoms with van der Waals surface area (Å²) in [5, 5.41) is 5.19. The summed E-state index contributed by atoms with van der Waals surface area (Å²) in [5.41, 5.74) is 2.49. The van der Waals surface area contributed by atoms with Crippen LogP contribution in [0, 0.1) is 0 Å². The van der Waals surface area contributed by atoms with E-state index in [1.54, 1.807) is 0 Å². The Bertz CT molecular complexity index is 196. The first-order valence-corrected chi connectivity index (χ1v) is 4.47. The SMILES string of the molecule is CCc1nn(C)cc1CBr. The Morgan fingerprint density at radius 2 is 2.40 bits per heavy atom. The number of nitrogens with zero attached hydrogens (tertiary/aromatic N) is 2. The molecule has 3 heteroatoms. The van der Waals surface area contributed by atoms with Crippen LogP contribution in [0.2, 0.25) is 0 Å². The van der Waals surface area contributed by atoms with E-state index in [1.807, 2.05) is 17.9 Å². The van der Waals surface area contributed by atoms with Crippen molar-refractivity contribution in [2.45, 2.75) is 18.7 Å². The van der Waals surface area contributed by atoms with Crippen molar-refractivity contribution < 1.29 is 0 Å². The average Bonchev–Trinajstić information content (AvgIpc) is 2.30. The predicted octanol–water partition coefficient (Wildman–Crippen LogP) is 1.88. The second-order valence-corrected chi connectivity index (χ2v) is 2.82. The standard InChI is InChI=1S/C7H11BrN2/c1-3-7-6(4-8)5-10(2)9-7/h5H,3-4H2,1-2H3. The Kier molecular flexibility index (Phi) is 2.49. The number of hydrogen-bond donors (Lipinski definition) is 0. The van der Waals surface area contributed by atoms with Crippen molar-refractivity contribution in [3.05, 3.63) is 17.5 Å². The summed E-state index contributed by atoms with van der Waals surface area (Å²) in [6, 6.07) is 0. The quantitative estimate of drug-likeness (QED) is 0.671. The lowest BCUT2D eigenvalue weighted by molar-refractivity contribution is 0.746. The maximum atomic E-state index is 4.29. The Morgan fingerprint density at radius 1 is 1.70 bits per heavy atom. The van der Waals surface area contributed by atoms with E-state index in [0.29, 0.717) is 0 Å². The fourth-order valence-electron chi connectivity index (χ4n) is 0.993. The third-order valence-corrected chi connectivity index (χ3v) is 2.07. The molecule has 0 saturated carbocycles. The van der Waals surface area contributed by atoms with Crippen LogP contribution in [0.25, 0.3) is 0 Å². The molecular formula is C7H11BrN2. The zero-order valence-corrected chi connectivity index (χ0v) is 7.85. The van der Waals surface area contributed by atoms with E-state index in [1.165, 1.54) is 11.3 Å². The van der Waals surface area contributed by atoms with Crippen LogP contribution in [0.1, 0.15) is 18.2 Å². The molecule has 1 aromatic heterocycles. The molecular weight excluding hydrogens is 192 g/mol. The van der Waals surface area contributed by atoms with E-state index in [2.05, 4.69) is 28.0 Å². The first-order chi connectivity index (χ1) is 4.77. The maximum Gasteiger partial charge on any atom is 0.0662 e. The Labute approximate surface area is 69.4 Å². The summed E-state index contributed by atoms with van der Waals surface area (Å²) in [6.07, 6.45) is 3.06. The molecule has 56 valence electrons. The minimum atomic E-state index is 0.907. The Morgan fingerprint density at radius 3 is 2.80 bits per heavy atom. The number of alkyl halides is 1. The molecule has 0 radical (unpaired) electrons. The molecule has 1 heterocycles. The van der Waals surface area contributed by atoms with Crippen LogP contribution in [0.4, 0.5) is 0 Å². The first-order valence-electron chi connectivity index (χ1n) is 3.35. The normalized spacial score (nSPS) is 10.3. The number of hydrogen-bond acceptors (Lipinski definition) is 1. The highest BCUT2D eigenvalue weighted by Gasteiger charge is 2.02. The molecule has 10 heavy (non-hydrogen) atoms. The zero-order chi connectivity index (χ0) is 7.56. The number of rotatable bonds is 2. The molecule has 0 amide bonds. The lowest BCUT2D eigenvalue weighted by atomic mass is 10.2. The minimum Gasteiger partial charge on any atom is -0.275 e. The van der Waals surface area contributed by atoms with Crippen molar-refractivity contribution in [1.29, 1.82) is 0 Å². The molecule has 0 aliphatic carbocycles. The third kappa shape index (κ3) is 1.40. The van der Waals surface area contributed by atoms with Crippen LogP contribution >= 0.6 is 15.9 Å². The molecule has 0 unspecified atom stereocenters. The Balaban J connectivity index is 2.96. The summed E-state index contributed by atoms with van der Waals surface area (Å²) in [4.78, 5) is 0. The van der Waals surface area contributed by atoms with E-state index in [4.69, 9.17) is 0 Å². The highest BCUT2D eigenvalue weighted by Crippen LogP contribution is 2.10. The van der Waals surface area contributed by atoms with Gasteiger partial charge in [-0.2, -0.15) is 5.10 Å². The molecule has 0 saturated heterocycles. The second kappa shape index (κ2) is 3.19. The smallest absolute Gasteiger partial charge is 0.0662 e. The molecule has 0 fully saturated rings. The van der Waals surface area contributed by atoms with Crippen molar-refractivity contribution in [3.63, 3.8) is 0 Å². The minimum absolute atomic E-state index is 0.907. The molecule has 0 atom stereocenters. The predicted molar refractivity (Wildman–Crippen MR) is 45.2 cm³/mol. The van der Waals surface area contributed by atoms with E-state index < -0.39 is 0 Å². The van der Waals surface area contributed by atoms with Crippen LogP contribution in [0.15, 0.2) is 6.20 Å². The molecule has 0 aromatic carbocycles. The second-order valence-electron chi connectivity index (χ2n) is 2.26. The van der Waals surface area contributed by atoms with Gasteiger partial charge in [-0.15, -0.1) is 0 Å². The van der Waals surface area contributed by atoms with Crippen molar-refractivity contribution in [1.82, 2.24) is 9.78 Å². The number of aryl methyl sites for hydroxylation is 2. The molecule has 0 N–H and O–H groups in total.